The highest BCUT2D eigenvalue weighted by molar-refractivity contribution is 7.89. The number of carbonyl (C=O) groups excluding carboxylic acids is 2. The predicted octanol–water partition coefficient (Wildman–Crippen LogP) is 2.32. The Morgan fingerprint density at radius 2 is 1.68 bits per heavy atom. The third-order valence-corrected chi connectivity index (χ3v) is 5.62. The van der Waals surface area contributed by atoms with Crippen molar-refractivity contribution in [1.82, 2.24) is 4.31 Å². The van der Waals surface area contributed by atoms with Gasteiger partial charge in [-0.2, -0.15) is 0 Å². The number of hydrogen-bond acceptors (Lipinski definition) is 5. The van der Waals surface area contributed by atoms with Crippen molar-refractivity contribution in [2.75, 3.05) is 26.0 Å². The Kier molecular flexibility index (Phi) is 6.47. The van der Waals surface area contributed by atoms with Crippen LogP contribution in [0, 0.1) is 18.6 Å². The summed E-state index contributed by atoms with van der Waals surface area (Å²) in [6, 6.07) is 6.45. The number of benzene rings is 2. The fraction of sp³-hybridized carbons (Fsp3) is 0.222. The number of hydrogen-bond donors (Lipinski definition) is 1. The van der Waals surface area contributed by atoms with E-state index in [4.69, 9.17) is 4.74 Å². The number of anilines is 1. The lowest BCUT2D eigenvalue weighted by molar-refractivity contribution is -0.119. The number of halogens is 2. The van der Waals surface area contributed by atoms with Crippen molar-refractivity contribution in [2.24, 2.45) is 0 Å². The minimum Gasteiger partial charge on any atom is -0.452 e. The average molecular weight is 412 g/mol. The molecule has 1 amide bonds. The highest BCUT2D eigenvalue weighted by Gasteiger charge is 2.20. The number of ether oxygens (including phenoxy) is 1. The third-order valence-electron chi connectivity index (χ3n) is 3.66. The zero-order valence-corrected chi connectivity index (χ0v) is 16.1. The number of aryl methyl sites for hydroxylation is 1. The van der Waals surface area contributed by atoms with E-state index in [9.17, 15) is 26.8 Å². The van der Waals surface area contributed by atoms with E-state index in [0.29, 0.717) is 11.6 Å². The Bertz CT molecular complexity index is 1000. The maximum Gasteiger partial charge on any atom is 0.338 e. The zero-order chi connectivity index (χ0) is 21.1. The normalized spacial score (nSPS) is 11.4. The van der Waals surface area contributed by atoms with Gasteiger partial charge in [-0.05, 0) is 36.8 Å². The number of esters is 1. The van der Waals surface area contributed by atoms with Crippen molar-refractivity contribution in [2.45, 2.75) is 11.8 Å². The fourth-order valence-electron chi connectivity index (χ4n) is 2.24. The molecule has 0 aromatic heterocycles. The number of amides is 1. The molecular formula is C18H18F2N2O5S. The molecule has 10 heteroatoms. The first kappa shape index (κ1) is 21.5. The van der Waals surface area contributed by atoms with Crippen molar-refractivity contribution in [3.63, 3.8) is 0 Å². The lowest BCUT2D eigenvalue weighted by Gasteiger charge is -2.15. The van der Waals surface area contributed by atoms with Crippen molar-refractivity contribution in [1.29, 1.82) is 0 Å². The van der Waals surface area contributed by atoms with Crippen molar-refractivity contribution < 1.29 is 31.5 Å². The summed E-state index contributed by atoms with van der Waals surface area (Å²) in [5.74, 6) is -3.73. The topological polar surface area (TPSA) is 92.8 Å². The molecule has 0 radical (unpaired) electrons. The van der Waals surface area contributed by atoms with Gasteiger partial charge in [-0.25, -0.2) is 26.3 Å². The summed E-state index contributed by atoms with van der Waals surface area (Å²) < 4.78 is 56.6. The summed E-state index contributed by atoms with van der Waals surface area (Å²) in [5.41, 5.74) is 0.301. The second kappa shape index (κ2) is 8.44. The van der Waals surface area contributed by atoms with E-state index in [1.807, 2.05) is 0 Å². The van der Waals surface area contributed by atoms with Crippen molar-refractivity contribution in [3.05, 3.63) is 59.2 Å². The molecule has 0 bridgehead atoms. The lowest BCUT2D eigenvalue weighted by atomic mass is 10.2. The largest absolute Gasteiger partial charge is 0.452 e. The van der Waals surface area contributed by atoms with E-state index < -0.39 is 40.1 Å². The van der Waals surface area contributed by atoms with E-state index in [0.717, 1.165) is 16.4 Å². The molecule has 0 atom stereocenters. The maximum absolute atomic E-state index is 13.1. The van der Waals surface area contributed by atoms with Gasteiger partial charge in [0, 0.05) is 25.8 Å². The van der Waals surface area contributed by atoms with Crippen LogP contribution in [0.1, 0.15) is 15.9 Å². The Labute approximate surface area is 161 Å². The van der Waals surface area contributed by atoms with Crippen LogP contribution in [0.25, 0.3) is 0 Å². The van der Waals surface area contributed by atoms with Crippen LogP contribution in [0.5, 0.6) is 0 Å². The molecular weight excluding hydrogens is 394 g/mol. The van der Waals surface area contributed by atoms with Crippen molar-refractivity contribution >= 4 is 27.6 Å². The molecule has 1 N–H and O–H groups in total. The van der Waals surface area contributed by atoms with Gasteiger partial charge >= 0.3 is 5.97 Å². The van der Waals surface area contributed by atoms with Crippen LogP contribution in [-0.2, 0) is 19.6 Å². The van der Waals surface area contributed by atoms with Gasteiger partial charge in [-0.3, -0.25) is 4.79 Å². The Hall–Kier alpha value is -2.85. The number of sulfonamides is 1. The first-order valence-corrected chi connectivity index (χ1v) is 9.41. The average Bonchev–Trinajstić information content (AvgIpc) is 2.60. The second-order valence-corrected chi connectivity index (χ2v) is 8.17. The Balaban J connectivity index is 2.06. The van der Waals surface area contributed by atoms with Gasteiger partial charge in [0.1, 0.15) is 11.6 Å². The fourth-order valence-corrected chi connectivity index (χ4v) is 3.38. The van der Waals surface area contributed by atoms with Gasteiger partial charge < -0.3 is 10.1 Å². The van der Waals surface area contributed by atoms with Crippen LogP contribution in [-0.4, -0.2) is 45.3 Å². The highest BCUT2D eigenvalue weighted by atomic mass is 32.2. The van der Waals surface area contributed by atoms with Crippen LogP contribution < -0.4 is 5.32 Å². The molecule has 0 spiro atoms. The summed E-state index contributed by atoms with van der Waals surface area (Å²) in [6.45, 7) is 0.891. The number of rotatable bonds is 6. The number of carbonyl (C=O) groups is 2. The predicted molar refractivity (Wildman–Crippen MR) is 97.3 cm³/mol. The smallest absolute Gasteiger partial charge is 0.338 e. The minimum atomic E-state index is -3.71. The lowest BCUT2D eigenvalue weighted by Crippen LogP contribution is -2.24. The molecule has 0 saturated carbocycles. The molecule has 0 aliphatic carbocycles. The molecule has 0 aliphatic heterocycles. The standard InChI is InChI=1S/C18H18F2N2O5S/c1-11-4-5-15(9-16(11)28(25,26)22(2)3)21-17(23)10-27-18(24)12-6-13(19)8-14(20)7-12/h4-9H,10H2,1-3H3,(H,21,23). The van der Waals surface area contributed by atoms with Crippen LogP contribution in [0.15, 0.2) is 41.3 Å². The quantitative estimate of drug-likeness (QED) is 0.735. The van der Waals surface area contributed by atoms with Crippen molar-refractivity contribution in [3.8, 4) is 0 Å². The number of nitrogens with one attached hydrogen (secondary N) is 1. The molecule has 28 heavy (non-hydrogen) atoms. The Morgan fingerprint density at radius 1 is 1.07 bits per heavy atom. The van der Waals surface area contributed by atoms with E-state index in [-0.39, 0.29) is 16.1 Å². The first-order valence-electron chi connectivity index (χ1n) is 7.97. The SMILES string of the molecule is Cc1ccc(NC(=O)COC(=O)c2cc(F)cc(F)c2)cc1S(=O)(=O)N(C)C. The molecule has 0 saturated heterocycles. The van der Waals surface area contributed by atoms with Gasteiger partial charge in [-0.1, -0.05) is 6.07 Å². The second-order valence-electron chi connectivity index (χ2n) is 6.05. The third kappa shape index (κ3) is 5.11. The van der Waals surface area contributed by atoms with E-state index in [2.05, 4.69) is 5.32 Å². The molecule has 0 fully saturated rings. The zero-order valence-electron chi connectivity index (χ0n) is 15.3. The summed E-state index contributed by atoms with van der Waals surface area (Å²) in [5, 5.41) is 2.40. The molecule has 2 aromatic rings. The first-order chi connectivity index (χ1) is 13.0. The van der Waals surface area contributed by atoms with Crippen LogP contribution in [0.2, 0.25) is 0 Å². The van der Waals surface area contributed by atoms with Crippen LogP contribution >= 0.6 is 0 Å². The van der Waals surface area contributed by atoms with E-state index in [1.165, 1.54) is 32.3 Å². The number of nitrogens with zero attached hydrogens (tertiary/aromatic N) is 1. The van der Waals surface area contributed by atoms with Crippen LogP contribution in [0.3, 0.4) is 0 Å². The molecule has 7 nitrogen and oxygen atoms in total. The summed E-state index contributed by atoms with van der Waals surface area (Å²) in [7, 11) is -0.943. The molecule has 150 valence electrons. The molecule has 0 heterocycles. The Morgan fingerprint density at radius 3 is 2.25 bits per heavy atom. The monoisotopic (exact) mass is 412 g/mol. The van der Waals surface area contributed by atoms with E-state index in [1.54, 1.807) is 6.92 Å². The van der Waals surface area contributed by atoms with Gasteiger partial charge in [0.05, 0.1) is 10.5 Å². The highest BCUT2D eigenvalue weighted by Crippen LogP contribution is 2.22. The van der Waals surface area contributed by atoms with Gasteiger partial charge in [0.2, 0.25) is 10.0 Å². The van der Waals surface area contributed by atoms with Gasteiger partial charge in [0.25, 0.3) is 5.91 Å². The van der Waals surface area contributed by atoms with Crippen LogP contribution in [0.4, 0.5) is 14.5 Å². The minimum absolute atomic E-state index is 0.0162. The van der Waals surface area contributed by atoms with E-state index >= 15 is 0 Å². The molecule has 2 rings (SSSR count). The molecule has 0 unspecified atom stereocenters. The van der Waals surface area contributed by atoms with Gasteiger partial charge in [0.15, 0.2) is 6.61 Å². The summed E-state index contributed by atoms with van der Waals surface area (Å²) >= 11 is 0. The summed E-state index contributed by atoms with van der Waals surface area (Å²) in [6.07, 6.45) is 0. The van der Waals surface area contributed by atoms with Gasteiger partial charge in [-0.15, -0.1) is 0 Å². The molecule has 2 aromatic carbocycles. The molecule has 0 aliphatic rings. The summed E-state index contributed by atoms with van der Waals surface area (Å²) in [4.78, 5) is 23.8. The maximum atomic E-state index is 13.1.